The van der Waals surface area contributed by atoms with Crippen LogP contribution in [0.4, 0.5) is 0 Å². The van der Waals surface area contributed by atoms with Gasteiger partial charge in [0.05, 0.1) is 12.7 Å². The Labute approximate surface area is 196 Å². The summed E-state index contributed by atoms with van der Waals surface area (Å²) >= 11 is 0. The van der Waals surface area contributed by atoms with Crippen LogP contribution in [0.15, 0.2) is 53.7 Å². The van der Waals surface area contributed by atoms with Crippen molar-refractivity contribution in [3.63, 3.8) is 0 Å². The number of aryl methyl sites for hydroxylation is 1. The first-order valence-electron chi connectivity index (χ1n) is 12.0. The van der Waals surface area contributed by atoms with Crippen molar-refractivity contribution < 1.29 is 19.1 Å². The van der Waals surface area contributed by atoms with Gasteiger partial charge in [0.2, 0.25) is 5.91 Å². The van der Waals surface area contributed by atoms with Gasteiger partial charge in [-0.3, -0.25) is 9.59 Å². The Kier molecular flexibility index (Phi) is 6.87. The minimum Gasteiger partial charge on any atom is -0.490 e. The molecular weight excluding hydrogens is 414 g/mol. The van der Waals surface area contributed by atoms with E-state index in [1.807, 2.05) is 39.0 Å². The summed E-state index contributed by atoms with van der Waals surface area (Å²) in [5, 5.41) is 3.01. The van der Waals surface area contributed by atoms with Gasteiger partial charge in [0, 0.05) is 30.0 Å². The topological polar surface area (TPSA) is 64.6 Å². The number of amides is 1. The molecule has 0 aromatic heterocycles. The molecule has 2 aliphatic rings. The molecule has 2 aromatic carbocycles. The highest BCUT2D eigenvalue weighted by atomic mass is 16.5. The molecule has 5 nitrogen and oxygen atoms in total. The van der Waals surface area contributed by atoms with Crippen LogP contribution in [0.25, 0.3) is 0 Å². The standard InChI is InChI=1S/C28H33NO4/c1-5-18-7-9-19(10-8-18)21-13-23-28(24(30)14-21)22(16-27(31)29-23)20-11-12-25(33-17(3)4)26(15-20)32-6-2/h7-12,15,17,21-22H,5-6,13-14,16H2,1-4H3,(H,29,31). The zero-order chi connectivity index (χ0) is 23.5. The average molecular weight is 448 g/mol. The monoisotopic (exact) mass is 447 g/mol. The van der Waals surface area contributed by atoms with E-state index >= 15 is 0 Å². The Hall–Kier alpha value is -3.08. The van der Waals surface area contributed by atoms with Crippen molar-refractivity contribution >= 4 is 11.7 Å². The van der Waals surface area contributed by atoms with Gasteiger partial charge in [-0.25, -0.2) is 0 Å². The van der Waals surface area contributed by atoms with E-state index in [-0.39, 0.29) is 36.1 Å². The van der Waals surface area contributed by atoms with Gasteiger partial charge in [-0.15, -0.1) is 0 Å². The molecule has 0 saturated carbocycles. The lowest BCUT2D eigenvalue weighted by molar-refractivity contribution is -0.122. The van der Waals surface area contributed by atoms with E-state index < -0.39 is 0 Å². The van der Waals surface area contributed by atoms with Crippen LogP contribution in [0.2, 0.25) is 0 Å². The number of hydrogen-bond acceptors (Lipinski definition) is 4. The van der Waals surface area contributed by atoms with Crippen LogP contribution in [0.1, 0.15) is 75.5 Å². The molecule has 1 N–H and O–H groups in total. The molecule has 174 valence electrons. The summed E-state index contributed by atoms with van der Waals surface area (Å²) in [5.74, 6) is 1.21. The number of allylic oxidation sites excluding steroid dienone is 2. The number of ketones is 1. The van der Waals surface area contributed by atoms with Crippen LogP contribution in [-0.2, 0) is 16.0 Å². The van der Waals surface area contributed by atoms with E-state index in [0.717, 1.165) is 28.8 Å². The summed E-state index contributed by atoms with van der Waals surface area (Å²) < 4.78 is 11.7. The number of rotatable bonds is 7. The summed E-state index contributed by atoms with van der Waals surface area (Å²) in [6.45, 7) is 8.51. The number of carbonyl (C=O) groups excluding carboxylic acids is 2. The number of benzene rings is 2. The normalized spacial score (nSPS) is 20.5. The maximum atomic E-state index is 13.4. The van der Waals surface area contributed by atoms with Crippen molar-refractivity contribution in [2.24, 2.45) is 0 Å². The Bertz CT molecular complexity index is 1070. The molecule has 1 heterocycles. The Morgan fingerprint density at radius 1 is 0.939 bits per heavy atom. The predicted molar refractivity (Wildman–Crippen MR) is 129 cm³/mol. The van der Waals surface area contributed by atoms with Crippen LogP contribution in [-0.4, -0.2) is 24.4 Å². The minimum absolute atomic E-state index is 0.0214. The summed E-state index contributed by atoms with van der Waals surface area (Å²) in [4.78, 5) is 26.0. The molecule has 0 saturated heterocycles. The van der Waals surface area contributed by atoms with E-state index in [4.69, 9.17) is 9.47 Å². The summed E-state index contributed by atoms with van der Waals surface area (Å²) in [6.07, 6.45) is 2.40. The van der Waals surface area contributed by atoms with Crippen molar-refractivity contribution in [3.05, 3.63) is 70.4 Å². The molecular formula is C28H33NO4. The van der Waals surface area contributed by atoms with E-state index in [1.54, 1.807) is 0 Å². The third-order valence-electron chi connectivity index (χ3n) is 6.43. The van der Waals surface area contributed by atoms with Crippen molar-refractivity contribution in [1.29, 1.82) is 0 Å². The SMILES string of the molecule is CCOc1cc(C2CC(=O)NC3=C2C(=O)CC(c2ccc(CC)cc2)C3)ccc1OC(C)C. The second-order valence-electron chi connectivity index (χ2n) is 9.13. The fourth-order valence-corrected chi connectivity index (χ4v) is 4.87. The van der Waals surface area contributed by atoms with E-state index in [2.05, 4.69) is 36.5 Å². The van der Waals surface area contributed by atoms with Crippen LogP contribution in [0, 0.1) is 0 Å². The summed E-state index contributed by atoms with van der Waals surface area (Å²) in [6, 6.07) is 14.3. The molecule has 2 unspecified atom stereocenters. The molecule has 2 atom stereocenters. The van der Waals surface area contributed by atoms with Crippen molar-refractivity contribution in [2.45, 2.75) is 71.3 Å². The van der Waals surface area contributed by atoms with Crippen LogP contribution in [0.5, 0.6) is 11.5 Å². The van der Waals surface area contributed by atoms with Gasteiger partial charge in [-0.2, -0.15) is 0 Å². The molecule has 0 radical (unpaired) electrons. The van der Waals surface area contributed by atoms with Crippen molar-refractivity contribution in [3.8, 4) is 11.5 Å². The van der Waals surface area contributed by atoms with Crippen LogP contribution in [0.3, 0.4) is 0 Å². The van der Waals surface area contributed by atoms with Gasteiger partial charge < -0.3 is 14.8 Å². The fraction of sp³-hybridized carbons (Fsp3) is 0.429. The Morgan fingerprint density at radius 3 is 2.33 bits per heavy atom. The zero-order valence-corrected chi connectivity index (χ0v) is 19.9. The number of nitrogens with one attached hydrogen (secondary N) is 1. The molecule has 0 bridgehead atoms. The maximum absolute atomic E-state index is 13.4. The van der Waals surface area contributed by atoms with E-state index in [9.17, 15) is 9.59 Å². The van der Waals surface area contributed by atoms with Crippen LogP contribution < -0.4 is 14.8 Å². The second kappa shape index (κ2) is 9.82. The van der Waals surface area contributed by atoms with Gasteiger partial charge >= 0.3 is 0 Å². The zero-order valence-electron chi connectivity index (χ0n) is 19.9. The largest absolute Gasteiger partial charge is 0.490 e. The molecule has 0 fully saturated rings. The number of Topliss-reactive ketones (excluding diaryl/α,β-unsaturated/α-hetero) is 1. The Balaban J connectivity index is 1.67. The van der Waals surface area contributed by atoms with Gasteiger partial charge in [-0.1, -0.05) is 37.3 Å². The minimum atomic E-state index is -0.267. The van der Waals surface area contributed by atoms with Gasteiger partial charge in [0.15, 0.2) is 17.3 Å². The number of carbonyl (C=O) groups is 2. The lowest BCUT2D eigenvalue weighted by atomic mass is 9.73. The summed E-state index contributed by atoms with van der Waals surface area (Å²) in [7, 11) is 0. The molecule has 2 aromatic rings. The number of ether oxygens (including phenoxy) is 2. The highest BCUT2D eigenvalue weighted by molar-refractivity contribution is 6.02. The van der Waals surface area contributed by atoms with E-state index in [1.165, 1.54) is 5.56 Å². The van der Waals surface area contributed by atoms with Gasteiger partial charge in [0.25, 0.3) is 0 Å². The van der Waals surface area contributed by atoms with Crippen LogP contribution >= 0.6 is 0 Å². The molecule has 5 heteroatoms. The molecule has 33 heavy (non-hydrogen) atoms. The highest BCUT2D eigenvalue weighted by Crippen LogP contribution is 2.44. The predicted octanol–water partition coefficient (Wildman–Crippen LogP) is 5.44. The van der Waals surface area contributed by atoms with Gasteiger partial charge in [0.1, 0.15) is 0 Å². The fourth-order valence-electron chi connectivity index (χ4n) is 4.87. The lowest BCUT2D eigenvalue weighted by Gasteiger charge is -2.34. The first-order valence-corrected chi connectivity index (χ1v) is 12.0. The highest BCUT2D eigenvalue weighted by Gasteiger charge is 2.38. The second-order valence-corrected chi connectivity index (χ2v) is 9.13. The Morgan fingerprint density at radius 2 is 1.67 bits per heavy atom. The average Bonchev–Trinajstić information content (AvgIpc) is 2.79. The third-order valence-corrected chi connectivity index (χ3v) is 6.43. The van der Waals surface area contributed by atoms with Crippen molar-refractivity contribution in [1.82, 2.24) is 5.32 Å². The number of hydrogen-bond donors (Lipinski definition) is 1. The molecule has 4 rings (SSSR count). The van der Waals surface area contributed by atoms with Gasteiger partial charge in [-0.05, 0) is 68.4 Å². The smallest absolute Gasteiger partial charge is 0.225 e. The maximum Gasteiger partial charge on any atom is 0.225 e. The van der Waals surface area contributed by atoms with E-state index in [0.29, 0.717) is 30.9 Å². The molecule has 1 aliphatic carbocycles. The quantitative estimate of drug-likeness (QED) is 0.614. The lowest BCUT2D eigenvalue weighted by Crippen LogP contribution is -2.38. The molecule has 1 aliphatic heterocycles. The molecule has 0 spiro atoms. The first-order chi connectivity index (χ1) is 15.9. The van der Waals surface area contributed by atoms with Crippen molar-refractivity contribution in [2.75, 3.05) is 6.61 Å². The first kappa shape index (κ1) is 23.1. The summed E-state index contributed by atoms with van der Waals surface area (Å²) in [5.41, 5.74) is 4.86. The molecule has 1 amide bonds. The third kappa shape index (κ3) is 4.97.